The van der Waals surface area contributed by atoms with E-state index in [1.165, 1.54) is 31.3 Å². The van der Waals surface area contributed by atoms with E-state index in [4.69, 9.17) is 0 Å². The Kier molecular flexibility index (Phi) is 6.90. The molecule has 1 saturated heterocycles. The molecule has 0 aliphatic carbocycles. The van der Waals surface area contributed by atoms with Gasteiger partial charge in [0.25, 0.3) is 6.43 Å². The Bertz CT molecular complexity index is 1190. The Hall–Kier alpha value is -3.36. The first-order valence-electron chi connectivity index (χ1n) is 11.2. The zero-order valence-electron chi connectivity index (χ0n) is 19.0. The van der Waals surface area contributed by atoms with E-state index >= 15 is 4.39 Å². The summed E-state index contributed by atoms with van der Waals surface area (Å²) in [6.07, 6.45) is -1.04. The van der Waals surface area contributed by atoms with Gasteiger partial charge in [-0.1, -0.05) is 25.1 Å². The van der Waals surface area contributed by atoms with Gasteiger partial charge in [0.05, 0.1) is 11.6 Å². The van der Waals surface area contributed by atoms with Gasteiger partial charge in [0.2, 0.25) is 5.91 Å². The van der Waals surface area contributed by atoms with Crippen molar-refractivity contribution in [3.8, 4) is 0 Å². The number of amides is 1. The third-order valence-electron chi connectivity index (χ3n) is 6.28. The summed E-state index contributed by atoms with van der Waals surface area (Å²) >= 11 is 0. The molecule has 0 saturated carbocycles. The maximum Gasteiger partial charge on any atom is 0.266 e. The van der Waals surface area contributed by atoms with Crippen molar-refractivity contribution >= 4 is 28.2 Å². The maximum atomic E-state index is 15.0. The predicted octanol–water partition coefficient (Wildman–Crippen LogP) is 5.68. The summed E-state index contributed by atoms with van der Waals surface area (Å²) < 4.78 is 56.2. The third-order valence-corrected chi connectivity index (χ3v) is 6.28. The molecular formula is C25H26F4N4O. The number of aromatic nitrogens is 1. The van der Waals surface area contributed by atoms with E-state index < -0.39 is 29.7 Å². The van der Waals surface area contributed by atoms with Crippen LogP contribution in [0.25, 0.3) is 10.9 Å². The highest BCUT2D eigenvalue weighted by Crippen LogP contribution is 2.34. The number of anilines is 2. The second kappa shape index (κ2) is 9.87. The first-order valence-corrected chi connectivity index (χ1v) is 11.2. The standard InChI is InChI=1S/C25H26F4N4O/c1-3-21(17-5-4-6-18(23(17)27)25(28)29)31-22-7-8-30-24-19(22)13-16(14-20(24)26)33-11-9-32(10-12-33)15(2)34/h4-8,13-14,21,25H,3,9-12H2,1-2H3,(H,30,31)/t21-/m1/s1. The number of halogens is 4. The molecule has 0 bridgehead atoms. The highest BCUT2D eigenvalue weighted by molar-refractivity contribution is 5.94. The summed E-state index contributed by atoms with van der Waals surface area (Å²) in [4.78, 5) is 19.5. The maximum absolute atomic E-state index is 15.0. The summed E-state index contributed by atoms with van der Waals surface area (Å²) in [6.45, 7) is 5.57. The van der Waals surface area contributed by atoms with Gasteiger partial charge >= 0.3 is 0 Å². The zero-order valence-corrected chi connectivity index (χ0v) is 19.0. The van der Waals surface area contributed by atoms with Crippen LogP contribution in [0.1, 0.15) is 43.9 Å². The van der Waals surface area contributed by atoms with Crippen molar-refractivity contribution in [1.82, 2.24) is 9.88 Å². The number of benzene rings is 2. The molecule has 34 heavy (non-hydrogen) atoms. The molecule has 4 rings (SSSR count). The highest BCUT2D eigenvalue weighted by Gasteiger charge is 2.23. The number of hydrogen-bond acceptors (Lipinski definition) is 4. The molecule has 0 spiro atoms. The van der Waals surface area contributed by atoms with Crippen LogP contribution in [0.2, 0.25) is 0 Å². The van der Waals surface area contributed by atoms with Gasteiger partial charge in [-0.25, -0.2) is 17.6 Å². The summed E-state index contributed by atoms with van der Waals surface area (Å²) in [5.74, 6) is -1.43. The molecule has 1 aliphatic rings. The number of alkyl halides is 2. The molecule has 1 amide bonds. The average molecular weight is 475 g/mol. The average Bonchev–Trinajstić information content (AvgIpc) is 2.83. The molecule has 1 aromatic heterocycles. The molecule has 1 aliphatic heterocycles. The Labute approximate surface area is 195 Å². The topological polar surface area (TPSA) is 48.5 Å². The molecule has 5 nitrogen and oxygen atoms in total. The van der Waals surface area contributed by atoms with Crippen LogP contribution >= 0.6 is 0 Å². The van der Waals surface area contributed by atoms with Gasteiger partial charge in [0, 0.05) is 61.6 Å². The van der Waals surface area contributed by atoms with Gasteiger partial charge in [-0.15, -0.1) is 0 Å². The van der Waals surface area contributed by atoms with Crippen molar-refractivity contribution in [2.24, 2.45) is 0 Å². The molecule has 180 valence electrons. The fourth-order valence-corrected chi connectivity index (χ4v) is 4.38. The van der Waals surface area contributed by atoms with E-state index in [1.54, 1.807) is 11.0 Å². The van der Waals surface area contributed by atoms with Crippen molar-refractivity contribution in [2.75, 3.05) is 36.4 Å². The predicted molar refractivity (Wildman–Crippen MR) is 124 cm³/mol. The second-order valence-electron chi connectivity index (χ2n) is 8.33. The lowest BCUT2D eigenvalue weighted by atomic mass is 10.00. The number of piperazine rings is 1. The van der Waals surface area contributed by atoms with Gasteiger partial charge in [-0.05, 0) is 24.6 Å². The summed E-state index contributed by atoms with van der Waals surface area (Å²) in [5.41, 5.74) is 0.829. The van der Waals surface area contributed by atoms with Crippen LogP contribution < -0.4 is 10.2 Å². The van der Waals surface area contributed by atoms with Gasteiger partial charge in [0.15, 0.2) is 5.82 Å². The lowest BCUT2D eigenvalue weighted by molar-refractivity contribution is -0.129. The molecule has 1 fully saturated rings. The molecule has 1 atom stereocenters. The minimum Gasteiger partial charge on any atom is -0.378 e. The van der Waals surface area contributed by atoms with E-state index in [-0.39, 0.29) is 17.0 Å². The molecule has 2 heterocycles. The normalized spacial score (nSPS) is 15.1. The van der Waals surface area contributed by atoms with E-state index in [0.29, 0.717) is 49.4 Å². The number of hydrogen-bond donors (Lipinski definition) is 1. The van der Waals surface area contributed by atoms with Crippen LogP contribution in [0.5, 0.6) is 0 Å². The van der Waals surface area contributed by atoms with Crippen LogP contribution in [-0.4, -0.2) is 42.0 Å². The van der Waals surface area contributed by atoms with E-state index in [1.807, 2.05) is 17.9 Å². The molecule has 0 radical (unpaired) electrons. The second-order valence-corrected chi connectivity index (χ2v) is 8.33. The van der Waals surface area contributed by atoms with Crippen LogP contribution in [-0.2, 0) is 4.79 Å². The van der Waals surface area contributed by atoms with Crippen molar-refractivity contribution in [2.45, 2.75) is 32.7 Å². The molecule has 1 N–H and O–H groups in total. The lowest BCUT2D eigenvalue weighted by Gasteiger charge is -2.35. The molecule has 2 aromatic carbocycles. The fraction of sp³-hybridized carbons (Fsp3) is 0.360. The number of nitrogens with one attached hydrogen (secondary N) is 1. The van der Waals surface area contributed by atoms with Crippen LogP contribution in [0.3, 0.4) is 0 Å². The zero-order chi connectivity index (χ0) is 24.4. The van der Waals surface area contributed by atoms with Crippen molar-refractivity contribution in [3.05, 3.63) is 65.4 Å². The Morgan fingerprint density at radius 2 is 1.79 bits per heavy atom. The number of nitrogens with zero attached hydrogens (tertiary/aromatic N) is 3. The van der Waals surface area contributed by atoms with Crippen molar-refractivity contribution in [3.63, 3.8) is 0 Å². The Morgan fingerprint density at radius 1 is 1.09 bits per heavy atom. The van der Waals surface area contributed by atoms with Crippen molar-refractivity contribution < 1.29 is 22.4 Å². The van der Waals surface area contributed by atoms with Gasteiger partial charge in [-0.2, -0.15) is 0 Å². The van der Waals surface area contributed by atoms with Crippen LogP contribution in [0.15, 0.2) is 42.6 Å². The smallest absolute Gasteiger partial charge is 0.266 e. The minimum absolute atomic E-state index is 0.00813. The number of carbonyl (C=O) groups is 1. The number of carbonyl (C=O) groups excluding carboxylic acids is 1. The van der Waals surface area contributed by atoms with Crippen LogP contribution in [0.4, 0.5) is 28.9 Å². The summed E-state index contributed by atoms with van der Waals surface area (Å²) in [7, 11) is 0. The molecule has 3 aromatic rings. The first-order chi connectivity index (χ1) is 16.3. The first kappa shape index (κ1) is 23.8. The van der Waals surface area contributed by atoms with Crippen LogP contribution in [0, 0.1) is 11.6 Å². The number of rotatable bonds is 6. The third kappa shape index (κ3) is 4.64. The van der Waals surface area contributed by atoms with E-state index in [0.717, 1.165) is 6.07 Å². The van der Waals surface area contributed by atoms with Gasteiger partial charge < -0.3 is 15.1 Å². The summed E-state index contributed by atoms with van der Waals surface area (Å²) in [5, 5.41) is 3.72. The number of fused-ring (bicyclic) bond motifs is 1. The highest BCUT2D eigenvalue weighted by atomic mass is 19.3. The van der Waals surface area contributed by atoms with Crippen molar-refractivity contribution in [1.29, 1.82) is 0 Å². The van der Waals surface area contributed by atoms with E-state index in [9.17, 15) is 18.0 Å². The van der Waals surface area contributed by atoms with E-state index in [2.05, 4.69) is 10.3 Å². The summed E-state index contributed by atoms with van der Waals surface area (Å²) in [6, 6.07) is 8.26. The quantitative estimate of drug-likeness (QED) is 0.467. The van der Waals surface area contributed by atoms with Gasteiger partial charge in [-0.3, -0.25) is 9.78 Å². The molecule has 9 heteroatoms. The monoisotopic (exact) mass is 474 g/mol. The lowest BCUT2D eigenvalue weighted by Crippen LogP contribution is -2.48. The molecular weight excluding hydrogens is 448 g/mol. The fourth-order valence-electron chi connectivity index (χ4n) is 4.38. The minimum atomic E-state index is -2.92. The Balaban J connectivity index is 1.68. The van der Waals surface area contributed by atoms with Gasteiger partial charge in [0.1, 0.15) is 11.3 Å². The SMILES string of the molecule is CC[C@@H](Nc1ccnc2c(F)cc(N3CCN(C(C)=O)CC3)cc12)c1cccc(C(F)F)c1F. The molecule has 0 unspecified atom stereocenters. The number of pyridine rings is 1. The Morgan fingerprint density at radius 3 is 2.44 bits per heavy atom. The largest absolute Gasteiger partial charge is 0.378 e.